The predicted molar refractivity (Wildman–Crippen MR) is 80.3 cm³/mol. The van der Waals surface area contributed by atoms with E-state index in [1.54, 1.807) is 13.8 Å². The minimum absolute atomic E-state index is 0.195. The zero-order valence-corrected chi connectivity index (χ0v) is 13.7. The van der Waals surface area contributed by atoms with Gasteiger partial charge in [0.1, 0.15) is 5.82 Å². The van der Waals surface area contributed by atoms with Gasteiger partial charge in [-0.15, -0.1) is 11.6 Å². The SMILES string of the molecule is CCCCN(CCCl)S(=O)(=O)c1c(C)cc(F)cc1C. The van der Waals surface area contributed by atoms with Crippen molar-refractivity contribution in [3.8, 4) is 0 Å². The van der Waals surface area contributed by atoms with E-state index in [4.69, 9.17) is 11.6 Å². The van der Waals surface area contributed by atoms with Crippen molar-refractivity contribution in [1.82, 2.24) is 4.31 Å². The van der Waals surface area contributed by atoms with E-state index in [2.05, 4.69) is 0 Å². The second kappa shape index (κ2) is 7.38. The fraction of sp³-hybridized carbons (Fsp3) is 0.571. The summed E-state index contributed by atoms with van der Waals surface area (Å²) < 4.78 is 40.2. The summed E-state index contributed by atoms with van der Waals surface area (Å²) in [5.74, 6) is -0.182. The molecule has 3 nitrogen and oxygen atoms in total. The van der Waals surface area contributed by atoms with Crippen LogP contribution in [0.5, 0.6) is 0 Å². The molecule has 6 heteroatoms. The Morgan fingerprint density at radius 3 is 2.20 bits per heavy atom. The fourth-order valence-corrected chi connectivity index (χ4v) is 4.41. The van der Waals surface area contributed by atoms with Crippen LogP contribution in [-0.2, 0) is 10.0 Å². The Labute approximate surface area is 125 Å². The Balaban J connectivity index is 3.26. The number of aryl methyl sites for hydroxylation is 2. The average molecular weight is 322 g/mol. The molecular formula is C14H21ClFNO2S. The van der Waals surface area contributed by atoms with Crippen LogP contribution in [0, 0.1) is 19.7 Å². The lowest BCUT2D eigenvalue weighted by Crippen LogP contribution is -2.34. The minimum Gasteiger partial charge on any atom is -0.207 e. The molecule has 0 N–H and O–H groups in total. The molecule has 114 valence electrons. The van der Waals surface area contributed by atoms with Crippen LogP contribution in [0.4, 0.5) is 4.39 Å². The number of sulfonamides is 1. The lowest BCUT2D eigenvalue weighted by molar-refractivity contribution is 0.419. The lowest BCUT2D eigenvalue weighted by atomic mass is 10.1. The number of nitrogens with zero attached hydrogens (tertiary/aromatic N) is 1. The van der Waals surface area contributed by atoms with E-state index in [1.165, 1.54) is 16.4 Å². The summed E-state index contributed by atoms with van der Waals surface area (Å²) in [4.78, 5) is 0.195. The van der Waals surface area contributed by atoms with Gasteiger partial charge in [-0.25, -0.2) is 12.8 Å². The highest BCUT2D eigenvalue weighted by Gasteiger charge is 2.27. The van der Waals surface area contributed by atoms with E-state index < -0.39 is 15.8 Å². The maximum absolute atomic E-state index is 13.3. The molecule has 1 aromatic carbocycles. The predicted octanol–water partition coefficient (Wildman–Crippen LogP) is 3.47. The standard InChI is InChI=1S/C14H21ClFNO2S/c1-4-5-7-17(8-6-15)20(18,19)14-11(2)9-13(16)10-12(14)3/h9-10H,4-8H2,1-3H3. The number of hydrogen-bond acceptors (Lipinski definition) is 2. The van der Waals surface area contributed by atoms with Crippen molar-refractivity contribution in [3.63, 3.8) is 0 Å². The zero-order chi connectivity index (χ0) is 15.3. The highest BCUT2D eigenvalue weighted by Crippen LogP contribution is 2.25. The van der Waals surface area contributed by atoms with E-state index in [1.807, 2.05) is 6.92 Å². The van der Waals surface area contributed by atoms with Crippen LogP contribution in [0.15, 0.2) is 17.0 Å². The summed E-state index contributed by atoms with van der Waals surface area (Å²) in [7, 11) is -3.63. The zero-order valence-electron chi connectivity index (χ0n) is 12.1. The van der Waals surface area contributed by atoms with Gasteiger partial charge >= 0.3 is 0 Å². The molecule has 0 aliphatic rings. The number of rotatable bonds is 7. The largest absolute Gasteiger partial charge is 0.243 e. The summed E-state index contributed by atoms with van der Waals surface area (Å²) in [5.41, 5.74) is 0.858. The summed E-state index contributed by atoms with van der Waals surface area (Å²) in [6.07, 6.45) is 1.67. The first-order valence-corrected chi connectivity index (χ1v) is 8.65. The van der Waals surface area contributed by atoms with Crippen LogP contribution >= 0.6 is 11.6 Å². The maximum atomic E-state index is 13.3. The molecule has 0 saturated carbocycles. The van der Waals surface area contributed by atoms with Crippen molar-refractivity contribution in [2.45, 2.75) is 38.5 Å². The average Bonchev–Trinajstić information content (AvgIpc) is 2.32. The van der Waals surface area contributed by atoms with Gasteiger partial charge in [0.25, 0.3) is 0 Å². The van der Waals surface area contributed by atoms with Crippen molar-refractivity contribution >= 4 is 21.6 Å². The quantitative estimate of drug-likeness (QED) is 0.721. The number of hydrogen-bond donors (Lipinski definition) is 0. The van der Waals surface area contributed by atoms with Gasteiger partial charge in [-0.1, -0.05) is 13.3 Å². The van der Waals surface area contributed by atoms with Crippen LogP contribution in [0.3, 0.4) is 0 Å². The van der Waals surface area contributed by atoms with E-state index >= 15 is 0 Å². The third-order valence-corrected chi connectivity index (χ3v) is 5.49. The van der Waals surface area contributed by atoms with Gasteiger partial charge in [0.2, 0.25) is 10.0 Å². The lowest BCUT2D eigenvalue weighted by Gasteiger charge is -2.23. The molecule has 0 spiro atoms. The van der Waals surface area contributed by atoms with Crippen molar-refractivity contribution < 1.29 is 12.8 Å². The summed E-state index contributed by atoms with van der Waals surface area (Å²) in [6.45, 7) is 5.92. The minimum atomic E-state index is -3.63. The molecule has 1 rings (SSSR count). The normalized spacial score (nSPS) is 12.1. The van der Waals surface area contributed by atoms with Crippen LogP contribution in [0.1, 0.15) is 30.9 Å². The first kappa shape index (κ1) is 17.4. The van der Waals surface area contributed by atoms with Gasteiger partial charge in [0.15, 0.2) is 0 Å². The van der Waals surface area contributed by atoms with Gasteiger partial charge in [-0.2, -0.15) is 4.31 Å². The number of benzene rings is 1. The van der Waals surface area contributed by atoms with Crippen LogP contribution < -0.4 is 0 Å². The molecule has 0 bridgehead atoms. The first-order valence-electron chi connectivity index (χ1n) is 6.67. The topological polar surface area (TPSA) is 37.4 Å². The molecule has 1 aromatic rings. The van der Waals surface area contributed by atoms with Crippen LogP contribution in [0.2, 0.25) is 0 Å². The van der Waals surface area contributed by atoms with Gasteiger partial charge in [-0.3, -0.25) is 0 Å². The Kier molecular flexibility index (Phi) is 6.43. The summed E-state index contributed by atoms with van der Waals surface area (Å²) in [5, 5.41) is 0. The third-order valence-electron chi connectivity index (χ3n) is 3.12. The van der Waals surface area contributed by atoms with Gasteiger partial charge in [0.05, 0.1) is 4.90 Å². The van der Waals surface area contributed by atoms with E-state index in [0.717, 1.165) is 12.8 Å². The molecule has 0 heterocycles. The Morgan fingerprint density at radius 2 is 1.75 bits per heavy atom. The van der Waals surface area contributed by atoms with E-state index in [0.29, 0.717) is 17.7 Å². The highest BCUT2D eigenvalue weighted by atomic mass is 35.5. The summed E-state index contributed by atoms with van der Waals surface area (Å²) >= 11 is 5.71. The molecule has 0 aliphatic carbocycles. The third kappa shape index (κ3) is 3.93. The molecule has 0 atom stereocenters. The molecule has 0 fully saturated rings. The molecule has 0 saturated heterocycles. The van der Waals surface area contributed by atoms with Gasteiger partial charge in [0, 0.05) is 19.0 Å². The van der Waals surface area contributed by atoms with Crippen molar-refractivity contribution in [2.75, 3.05) is 19.0 Å². The number of alkyl halides is 1. The second-order valence-corrected chi connectivity index (χ2v) is 7.07. The van der Waals surface area contributed by atoms with E-state index in [-0.39, 0.29) is 17.3 Å². The summed E-state index contributed by atoms with van der Waals surface area (Å²) in [6, 6.07) is 2.50. The molecule has 20 heavy (non-hydrogen) atoms. The molecule has 0 aromatic heterocycles. The van der Waals surface area contributed by atoms with Crippen molar-refractivity contribution in [3.05, 3.63) is 29.1 Å². The fourth-order valence-electron chi connectivity index (χ4n) is 2.21. The van der Waals surface area contributed by atoms with Gasteiger partial charge < -0.3 is 0 Å². The molecule has 0 amide bonds. The Morgan fingerprint density at radius 1 is 1.20 bits per heavy atom. The monoisotopic (exact) mass is 321 g/mol. The van der Waals surface area contributed by atoms with Gasteiger partial charge in [-0.05, 0) is 43.5 Å². The maximum Gasteiger partial charge on any atom is 0.243 e. The second-order valence-electron chi connectivity index (χ2n) is 4.82. The van der Waals surface area contributed by atoms with Crippen LogP contribution in [-0.4, -0.2) is 31.7 Å². The smallest absolute Gasteiger partial charge is 0.207 e. The molecule has 0 aliphatic heterocycles. The van der Waals surface area contributed by atoms with E-state index in [9.17, 15) is 12.8 Å². The first-order chi connectivity index (χ1) is 9.34. The molecule has 0 unspecified atom stereocenters. The molecular weight excluding hydrogens is 301 g/mol. The van der Waals surface area contributed by atoms with Crippen molar-refractivity contribution in [2.24, 2.45) is 0 Å². The van der Waals surface area contributed by atoms with Crippen LogP contribution in [0.25, 0.3) is 0 Å². The molecule has 0 radical (unpaired) electrons. The Bertz CT molecular complexity index is 537. The number of unbranched alkanes of at least 4 members (excludes halogenated alkanes) is 1. The van der Waals surface area contributed by atoms with Crippen molar-refractivity contribution in [1.29, 1.82) is 0 Å². The number of halogens is 2. The highest BCUT2D eigenvalue weighted by molar-refractivity contribution is 7.89. The Hall–Kier alpha value is -0.650.